The van der Waals surface area contributed by atoms with Crippen LogP contribution < -0.4 is 10.6 Å². The lowest BCUT2D eigenvalue weighted by Gasteiger charge is -2.23. The number of phenolic OH excluding ortho intramolecular Hbond substituents is 1. The van der Waals surface area contributed by atoms with E-state index in [0.717, 1.165) is 12.1 Å². The van der Waals surface area contributed by atoms with Gasteiger partial charge in [-0.05, 0) is 24.6 Å². The molecule has 2 rings (SSSR count). The number of aryl methyl sites for hydroxylation is 1. The Morgan fingerprint density at radius 1 is 1.58 bits per heavy atom. The number of aromatic hydroxyl groups is 1. The molecule has 1 aromatic rings. The van der Waals surface area contributed by atoms with Gasteiger partial charge in [0.25, 0.3) is 0 Å². The molecule has 0 bridgehead atoms. The molecule has 0 aliphatic carbocycles. The highest BCUT2D eigenvalue weighted by atomic mass is 35.5. The van der Waals surface area contributed by atoms with Crippen LogP contribution in [0.4, 0.5) is 5.69 Å². The molecule has 3 N–H and O–H groups in total. The number of hydrogen-bond donors (Lipinski definition) is 3. The number of carbonyl (C=O) groups excluding carboxylic acids is 1. The summed E-state index contributed by atoms with van der Waals surface area (Å²) >= 11 is 0. The van der Waals surface area contributed by atoms with E-state index in [1.807, 2.05) is 6.92 Å². The first-order valence-corrected chi connectivity index (χ1v) is 6.07. The van der Waals surface area contributed by atoms with E-state index in [9.17, 15) is 9.90 Å². The van der Waals surface area contributed by atoms with Gasteiger partial charge < -0.3 is 20.5 Å². The molecule has 1 aromatic carbocycles. The Labute approximate surface area is 118 Å². The molecule has 1 aliphatic rings. The lowest BCUT2D eigenvalue weighted by atomic mass is 10.2. The zero-order valence-electron chi connectivity index (χ0n) is 10.8. The van der Waals surface area contributed by atoms with Crippen LogP contribution in [0.25, 0.3) is 0 Å². The highest BCUT2D eigenvalue weighted by Crippen LogP contribution is 2.24. The predicted octanol–water partition coefficient (Wildman–Crippen LogP) is 1.44. The van der Waals surface area contributed by atoms with Gasteiger partial charge in [0.2, 0.25) is 5.91 Å². The third kappa shape index (κ3) is 4.70. The lowest BCUT2D eigenvalue weighted by molar-refractivity contribution is -0.119. The number of ether oxygens (including phenoxy) is 1. The highest BCUT2D eigenvalue weighted by Gasteiger charge is 2.17. The standard InChI is InChI=1S/C13H18N2O3.ClH/c1-9-2-3-12(16)11(6-9)15-13(17)7-10-8-14-4-5-18-10;/h2-3,6,10,14,16H,4-5,7-8H2,1H3,(H,15,17);1H. The molecule has 1 aliphatic heterocycles. The van der Waals surface area contributed by atoms with E-state index in [1.54, 1.807) is 18.2 Å². The molecular weight excluding hydrogens is 268 g/mol. The molecule has 5 nitrogen and oxygen atoms in total. The molecule has 0 radical (unpaired) electrons. The molecule has 1 saturated heterocycles. The van der Waals surface area contributed by atoms with E-state index in [1.165, 1.54) is 0 Å². The first-order valence-electron chi connectivity index (χ1n) is 6.07. The number of morpholine rings is 1. The second kappa shape index (κ2) is 7.33. The number of amides is 1. The van der Waals surface area contributed by atoms with E-state index >= 15 is 0 Å². The number of carbonyl (C=O) groups is 1. The summed E-state index contributed by atoms with van der Waals surface area (Å²) in [6, 6.07) is 5.11. The van der Waals surface area contributed by atoms with Gasteiger partial charge in [-0.1, -0.05) is 6.07 Å². The lowest BCUT2D eigenvalue weighted by Crippen LogP contribution is -2.40. The van der Waals surface area contributed by atoms with Crippen molar-refractivity contribution in [3.63, 3.8) is 0 Å². The summed E-state index contributed by atoms with van der Waals surface area (Å²) in [6.07, 6.45) is 0.200. The van der Waals surface area contributed by atoms with Crippen LogP contribution in [0.2, 0.25) is 0 Å². The van der Waals surface area contributed by atoms with Crippen LogP contribution in [0.15, 0.2) is 18.2 Å². The van der Waals surface area contributed by atoms with Crippen LogP contribution in [-0.4, -0.2) is 36.8 Å². The number of nitrogens with one attached hydrogen (secondary N) is 2. The Hall–Kier alpha value is -1.30. The monoisotopic (exact) mass is 286 g/mol. The highest BCUT2D eigenvalue weighted by molar-refractivity contribution is 5.92. The van der Waals surface area contributed by atoms with Gasteiger partial charge in [0.15, 0.2) is 0 Å². The largest absolute Gasteiger partial charge is 0.506 e. The van der Waals surface area contributed by atoms with E-state index in [-0.39, 0.29) is 30.2 Å². The summed E-state index contributed by atoms with van der Waals surface area (Å²) in [5.74, 6) is -0.0683. The minimum Gasteiger partial charge on any atom is -0.506 e. The molecule has 1 atom stereocenters. The van der Waals surface area contributed by atoms with Crippen molar-refractivity contribution in [1.29, 1.82) is 0 Å². The summed E-state index contributed by atoms with van der Waals surface area (Å²) in [5, 5.41) is 15.5. The Morgan fingerprint density at radius 2 is 2.37 bits per heavy atom. The summed E-state index contributed by atoms with van der Waals surface area (Å²) in [7, 11) is 0. The summed E-state index contributed by atoms with van der Waals surface area (Å²) in [4.78, 5) is 11.8. The van der Waals surface area contributed by atoms with Crippen molar-refractivity contribution < 1.29 is 14.6 Å². The zero-order valence-corrected chi connectivity index (χ0v) is 11.6. The van der Waals surface area contributed by atoms with Crippen LogP contribution in [0.1, 0.15) is 12.0 Å². The fourth-order valence-electron chi connectivity index (χ4n) is 1.91. The van der Waals surface area contributed by atoms with Crippen molar-refractivity contribution in [1.82, 2.24) is 5.32 Å². The molecule has 1 amide bonds. The maximum Gasteiger partial charge on any atom is 0.227 e. The van der Waals surface area contributed by atoms with Crippen molar-refractivity contribution in [2.24, 2.45) is 0 Å². The smallest absolute Gasteiger partial charge is 0.227 e. The third-order valence-corrected chi connectivity index (χ3v) is 2.84. The molecule has 1 heterocycles. The average molecular weight is 287 g/mol. The van der Waals surface area contributed by atoms with Crippen LogP contribution >= 0.6 is 12.4 Å². The molecule has 1 fully saturated rings. The Kier molecular flexibility index (Phi) is 6.08. The average Bonchev–Trinajstić information content (AvgIpc) is 2.35. The Balaban J connectivity index is 0.00000180. The number of benzene rings is 1. The molecule has 19 heavy (non-hydrogen) atoms. The predicted molar refractivity (Wildman–Crippen MR) is 75.9 cm³/mol. The minimum atomic E-state index is -0.149. The van der Waals surface area contributed by atoms with Crippen molar-refractivity contribution >= 4 is 24.0 Å². The van der Waals surface area contributed by atoms with Gasteiger partial charge in [-0.2, -0.15) is 0 Å². The summed E-state index contributed by atoms with van der Waals surface area (Å²) in [6.45, 7) is 4.06. The van der Waals surface area contributed by atoms with Gasteiger partial charge in [0.1, 0.15) is 5.75 Å². The number of hydrogen-bond acceptors (Lipinski definition) is 4. The topological polar surface area (TPSA) is 70.6 Å². The SMILES string of the molecule is Cc1ccc(O)c(NC(=O)CC2CNCCO2)c1.Cl. The van der Waals surface area contributed by atoms with Gasteiger partial charge >= 0.3 is 0 Å². The minimum absolute atomic E-state index is 0. The number of phenols is 1. The third-order valence-electron chi connectivity index (χ3n) is 2.84. The number of anilines is 1. The zero-order chi connectivity index (χ0) is 13.0. The molecule has 0 spiro atoms. The maximum absolute atomic E-state index is 11.8. The van der Waals surface area contributed by atoms with Crippen LogP contribution in [0, 0.1) is 6.92 Å². The van der Waals surface area contributed by atoms with Crippen LogP contribution in [-0.2, 0) is 9.53 Å². The number of halogens is 1. The molecular formula is C13H19ClN2O3. The summed E-state index contributed by atoms with van der Waals surface area (Å²) < 4.78 is 5.45. The van der Waals surface area contributed by atoms with Gasteiger partial charge in [-0.3, -0.25) is 4.79 Å². The fraction of sp³-hybridized carbons (Fsp3) is 0.462. The molecule has 6 heteroatoms. The van der Waals surface area contributed by atoms with Gasteiger partial charge in [-0.25, -0.2) is 0 Å². The van der Waals surface area contributed by atoms with Gasteiger partial charge in [0, 0.05) is 13.1 Å². The maximum atomic E-state index is 11.8. The van der Waals surface area contributed by atoms with E-state index in [2.05, 4.69) is 10.6 Å². The van der Waals surface area contributed by atoms with E-state index in [4.69, 9.17) is 4.74 Å². The molecule has 106 valence electrons. The Bertz CT molecular complexity index is 434. The van der Waals surface area contributed by atoms with Gasteiger partial charge in [0.05, 0.1) is 24.8 Å². The van der Waals surface area contributed by atoms with Crippen molar-refractivity contribution in [3.8, 4) is 5.75 Å². The Morgan fingerprint density at radius 3 is 3.05 bits per heavy atom. The first-order chi connectivity index (χ1) is 8.65. The first kappa shape index (κ1) is 15.8. The second-order valence-corrected chi connectivity index (χ2v) is 4.47. The van der Waals surface area contributed by atoms with E-state index in [0.29, 0.717) is 25.3 Å². The summed E-state index contributed by atoms with van der Waals surface area (Å²) in [5.41, 5.74) is 1.43. The molecule has 1 unspecified atom stereocenters. The number of rotatable bonds is 3. The van der Waals surface area contributed by atoms with E-state index < -0.39 is 0 Å². The van der Waals surface area contributed by atoms with Crippen molar-refractivity contribution in [2.45, 2.75) is 19.4 Å². The quantitative estimate of drug-likeness (QED) is 0.736. The van der Waals surface area contributed by atoms with Crippen molar-refractivity contribution in [3.05, 3.63) is 23.8 Å². The van der Waals surface area contributed by atoms with Gasteiger partial charge in [-0.15, -0.1) is 12.4 Å². The molecule has 0 aromatic heterocycles. The molecule has 0 saturated carbocycles. The van der Waals surface area contributed by atoms with Crippen LogP contribution in [0.5, 0.6) is 5.75 Å². The van der Waals surface area contributed by atoms with Crippen molar-refractivity contribution in [2.75, 3.05) is 25.0 Å². The second-order valence-electron chi connectivity index (χ2n) is 4.47. The van der Waals surface area contributed by atoms with Crippen LogP contribution in [0.3, 0.4) is 0 Å². The normalized spacial score (nSPS) is 18.5. The fourth-order valence-corrected chi connectivity index (χ4v) is 1.91.